The third-order valence-electron chi connectivity index (χ3n) is 3.03. The van der Waals surface area contributed by atoms with E-state index >= 15 is 0 Å². The van der Waals surface area contributed by atoms with Crippen molar-refractivity contribution in [2.45, 2.75) is 6.54 Å². The number of hydrogen-bond donors (Lipinski definition) is 0. The molecule has 0 aliphatic carbocycles. The number of amidine groups is 1. The van der Waals surface area contributed by atoms with Gasteiger partial charge in [0.25, 0.3) is 0 Å². The molecule has 0 atom stereocenters. The standard InChI is InChI=1S/C15H14FN3S/c16-13-5-1-2-6-14(13)18-15-19(8-9-20-15)11-12-4-3-7-17-10-12/h1-7,10H,8-9,11H2. The second-order valence-electron chi connectivity index (χ2n) is 4.48. The van der Waals surface area contributed by atoms with E-state index in [1.165, 1.54) is 6.07 Å². The highest BCUT2D eigenvalue weighted by Gasteiger charge is 2.20. The van der Waals surface area contributed by atoms with Crippen LogP contribution in [-0.2, 0) is 6.54 Å². The minimum Gasteiger partial charge on any atom is -0.346 e. The lowest BCUT2D eigenvalue weighted by molar-refractivity contribution is 0.456. The summed E-state index contributed by atoms with van der Waals surface area (Å²) in [5.41, 5.74) is 1.53. The molecule has 0 amide bonds. The Hall–Kier alpha value is -1.88. The van der Waals surface area contributed by atoms with Crippen LogP contribution in [0.15, 0.2) is 53.8 Å². The summed E-state index contributed by atoms with van der Waals surface area (Å²) >= 11 is 1.66. The monoisotopic (exact) mass is 287 g/mol. The van der Waals surface area contributed by atoms with Crippen molar-refractivity contribution in [3.05, 3.63) is 60.2 Å². The molecular weight excluding hydrogens is 273 g/mol. The number of aromatic nitrogens is 1. The van der Waals surface area contributed by atoms with E-state index in [1.54, 1.807) is 36.2 Å². The minimum absolute atomic E-state index is 0.283. The van der Waals surface area contributed by atoms with Crippen molar-refractivity contribution < 1.29 is 4.39 Å². The highest BCUT2D eigenvalue weighted by Crippen LogP contribution is 2.25. The van der Waals surface area contributed by atoms with Crippen LogP contribution in [0.25, 0.3) is 0 Å². The molecule has 2 aromatic rings. The number of hydrogen-bond acceptors (Lipinski definition) is 3. The molecule has 1 fully saturated rings. The first-order valence-electron chi connectivity index (χ1n) is 6.43. The molecule has 5 heteroatoms. The molecule has 102 valence electrons. The van der Waals surface area contributed by atoms with E-state index < -0.39 is 0 Å². The Bertz CT molecular complexity index is 616. The molecule has 0 unspecified atom stereocenters. The summed E-state index contributed by atoms with van der Waals surface area (Å²) in [7, 11) is 0. The van der Waals surface area contributed by atoms with Crippen molar-refractivity contribution >= 4 is 22.6 Å². The van der Waals surface area contributed by atoms with E-state index in [9.17, 15) is 4.39 Å². The lowest BCUT2D eigenvalue weighted by atomic mass is 10.3. The predicted octanol–water partition coefficient (Wildman–Crippen LogP) is 3.46. The van der Waals surface area contributed by atoms with Gasteiger partial charge in [-0.25, -0.2) is 9.38 Å². The molecule has 3 rings (SSSR count). The lowest BCUT2D eigenvalue weighted by Crippen LogP contribution is -2.23. The molecule has 1 aliphatic heterocycles. The SMILES string of the molecule is Fc1ccccc1N=C1SCCN1Cc1cccnc1. The zero-order valence-electron chi connectivity index (χ0n) is 10.9. The molecule has 0 bridgehead atoms. The largest absolute Gasteiger partial charge is 0.346 e. The number of thioether (sulfide) groups is 1. The van der Waals surface area contributed by atoms with Crippen LogP contribution < -0.4 is 0 Å². The number of nitrogens with zero attached hydrogens (tertiary/aromatic N) is 3. The molecule has 2 heterocycles. The highest BCUT2D eigenvalue weighted by atomic mass is 32.2. The molecule has 1 aromatic heterocycles. The molecule has 3 nitrogen and oxygen atoms in total. The number of halogens is 1. The minimum atomic E-state index is -0.283. The van der Waals surface area contributed by atoms with Crippen LogP contribution in [0.1, 0.15) is 5.56 Å². The summed E-state index contributed by atoms with van der Waals surface area (Å²) in [4.78, 5) is 10.7. The third kappa shape index (κ3) is 2.99. The van der Waals surface area contributed by atoms with Gasteiger partial charge in [0, 0.05) is 31.2 Å². The zero-order chi connectivity index (χ0) is 13.8. The maximum absolute atomic E-state index is 13.7. The summed E-state index contributed by atoms with van der Waals surface area (Å²) < 4.78 is 13.7. The molecule has 0 N–H and O–H groups in total. The summed E-state index contributed by atoms with van der Waals surface area (Å²) in [5.74, 6) is 0.696. The van der Waals surface area contributed by atoms with Crippen LogP contribution in [0.5, 0.6) is 0 Å². The Morgan fingerprint density at radius 3 is 2.95 bits per heavy atom. The van der Waals surface area contributed by atoms with E-state index in [1.807, 2.05) is 18.3 Å². The Labute approximate surface area is 121 Å². The molecular formula is C15H14FN3S. The van der Waals surface area contributed by atoms with Crippen molar-refractivity contribution in [3.8, 4) is 0 Å². The van der Waals surface area contributed by atoms with Gasteiger partial charge in [0.2, 0.25) is 0 Å². The second kappa shape index (κ2) is 6.05. The maximum Gasteiger partial charge on any atom is 0.164 e. The molecule has 0 saturated carbocycles. The number of rotatable bonds is 3. The van der Waals surface area contributed by atoms with Crippen LogP contribution in [0.2, 0.25) is 0 Å². The van der Waals surface area contributed by atoms with Gasteiger partial charge in [-0.3, -0.25) is 4.98 Å². The number of pyridine rings is 1. The van der Waals surface area contributed by atoms with Crippen molar-refractivity contribution in [2.75, 3.05) is 12.3 Å². The van der Waals surface area contributed by atoms with Crippen LogP contribution >= 0.6 is 11.8 Å². The predicted molar refractivity (Wildman–Crippen MR) is 80.6 cm³/mol. The van der Waals surface area contributed by atoms with E-state index in [2.05, 4.69) is 14.9 Å². The molecule has 1 aliphatic rings. The smallest absolute Gasteiger partial charge is 0.164 e. The fourth-order valence-electron chi connectivity index (χ4n) is 2.04. The molecule has 0 spiro atoms. The van der Waals surface area contributed by atoms with Gasteiger partial charge >= 0.3 is 0 Å². The van der Waals surface area contributed by atoms with Crippen LogP contribution in [-0.4, -0.2) is 27.3 Å². The summed E-state index contributed by atoms with van der Waals surface area (Å²) in [5, 5.41) is 0.874. The van der Waals surface area contributed by atoms with Crippen molar-refractivity contribution in [1.82, 2.24) is 9.88 Å². The van der Waals surface area contributed by atoms with Crippen LogP contribution in [0, 0.1) is 5.82 Å². The topological polar surface area (TPSA) is 28.5 Å². The molecule has 1 aromatic carbocycles. The fourth-order valence-corrected chi connectivity index (χ4v) is 3.04. The first-order chi connectivity index (χ1) is 9.83. The van der Waals surface area contributed by atoms with Gasteiger partial charge in [0.1, 0.15) is 11.5 Å². The maximum atomic E-state index is 13.7. The van der Waals surface area contributed by atoms with Crippen molar-refractivity contribution in [2.24, 2.45) is 4.99 Å². The average molecular weight is 287 g/mol. The molecule has 0 radical (unpaired) electrons. The zero-order valence-corrected chi connectivity index (χ0v) is 11.7. The van der Waals surface area contributed by atoms with Gasteiger partial charge in [0.15, 0.2) is 5.17 Å². The number of para-hydroxylation sites is 1. The first-order valence-corrected chi connectivity index (χ1v) is 7.41. The number of benzene rings is 1. The van der Waals surface area contributed by atoms with Gasteiger partial charge in [0.05, 0.1) is 0 Å². The first kappa shape index (κ1) is 13.1. The third-order valence-corrected chi connectivity index (χ3v) is 4.02. The Morgan fingerprint density at radius 1 is 1.25 bits per heavy atom. The van der Waals surface area contributed by atoms with Gasteiger partial charge in [-0.1, -0.05) is 30.0 Å². The van der Waals surface area contributed by atoms with Crippen LogP contribution in [0.4, 0.5) is 10.1 Å². The van der Waals surface area contributed by atoms with Crippen molar-refractivity contribution in [1.29, 1.82) is 0 Å². The van der Waals surface area contributed by atoms with Gasteiger partial charge in [-0.15, -0.1) is 0 Å². The summed E-state index contributed by atoms with van der Waals surface area (Å²) in [6.45, 7) is 1.68. The summed E-state index contributed by atoms with van der Waals surface area (Å²) in [6, 6.07) is 10.6. The van der Waals surface area contributed by atoms with E-state index in [0.717, 1.165) is 29.6 Å². The Morgan fingerprint density at radius 2 is 2.15 bits per heavy atom. The Kier molecular flexibility index (Phi) is 3.97. The highest BCUT2D eigenvalue weighted by molar-refractivity contribution is 8.14. The number of aliphatic imine (C=N–C) groups is 1. The van der Waals surface area contributed by atoms with Gasteiger partial charge in [-0.05, 0) is 23.8 Å². The van der Waals surface area contributed by atoms with Gasteiger partial charge in [-0.2, -0.15) is 0 Å². The normalized spacial score (nSPS) is 16.9. The average Bonchev–Trinajstić information content (AvgIpc) is 2.90. The van der Waals surface area contributed by atoms with Gasteiger partial charge < -0.3 is 4.90 Å². The quantitative estimate of drug-likeness (QED) is 0.865. The molecule has 20 heavy (non-hydrogen) atoms. The van der Waals surface area contributed by atoms with E-state index in [4.69, 9.17) is 0 Å². The van der Waals surface area contributed by atoms with Crippen molar-refractivity contribution in [3.63, 3.8) is 0 Å². The second-order valence-corrected chi connectivity index (χ2v) is 5.54. The molecule has 1 saturated heterocycles. The lowest BCUT2D eigenvalue weighted by Gasteiger charge is -2.17. The van der Waals surface area contributed by atoms with E-state index in [0.29, 0.717) is 5.69 Å². The fraction of sp³-hybridized carbons (Fsp3) is 0.200. The Balaban J connectivity index is 1.81. The van der Waals surface area contributed by atoms with Crippen LogP contribution in [0.3, 0.4) is 0 Å². The summed E-state index contributed by atoms with van der Waals surface area (Å²) in [6.07, 6.45) is 3.61. The van der Waals surface area contributed by atoms with E-state index in [-0.39, 0.29) is 5.82 Å².